The van der Waals surface area contributed by atoms with Crippen molar-refractivity contribution in [1.82, 2.24) is 4.98 Å². The zero-order chi connectivity index (χ0) is 10.0. The molecule has 0 bridgehead atoms. The van der Waals surface area contributed by atoms with Crippen molar-refractivity contribution in [2.24, 2.45) is 0 Å². The Morgan fingerprint density at radius 3 is 2.62 bits per heavy atom. The summed E-state index contributed by atoms with van der Waals surface area (Å²) < 4.78 is 24.3. The Morgan fingerprint density at radius 2 is 2.23 bits per heavy atom. The molecule has 2 nitrogen and oxygen atoms in total. The predicted molar refractivity (Wildman–Crippen MR) is 43.7 cm³/mol. The van der Waals surface area contributed by atoms with E-state index in [-0.39, 0.29) is 10.7 Å². The first-order valence-electron chi connectivity index (χ1n) is 3.41. The monoisotopic (exact) mass is 202 g/mol. The summed E-state index contributed by atoms with van der Waals surface area (Å²) in [5.74, 6) is 0. The van der Waals surface area contributed by atoms with Crippen LogP contribution in [0.2, 0.25) is 5.15 Å². The van der Waals surface area contributed by atoms with Gasteiger partial charge in [-0.15, -0.1) is 0 Å². The fourth-order valence-electron chi connectivity index (χ4n) is 0.904. The molecule has 0 aliphatic carbocycles. The molecule has 0 amide bonds. The van der Waals surface area contributed by atoms with Gasteiger partial charge < -0.3 is 0 Å². The van der Waals surface area contributed by atoms with Crippen molar-refractivity contribution < 1.29 is 8.78 Å². The van der Waals surface area contributed by atoms with E-state index in [0.717, 1.165) is 6.07 Å². The van der Waals surface area contributed by atoms with E-state index in [1.54, 1.807) is 6.07 Å². The lowest BCUT2D eigenvalue weighted by atomic mass is 10.1. The van der Waals surface area contributed by atoms with Crippen LogP contribution in [0.4, 0.5) is 8.78 Å². The van der Waals surface area contributed by atoms with Crippen LogP contribution in [0.15, 0.2) is 6.07 Å². The van der Waals surface area contributed by atoms with Crippen LogP contribution >= 0.6 is 11.6 Å². The highest BCUT2D eigenvalue weighted by Gasteiger charge is 2.13. The molecular weight excluding hydrogens is 198 g/mol. The molecule has 1 heterocycles. The molecule has 0 aromatic carbocycles. The van der Waals surface area contributed by atoms with Gasteiger partial charge in [0.15, 0.2) is 0 Å². The van der Waals surface area contributed by atoms with Crippen molar-refractivity contribution >= 4 is 11.6 Å². The van der Waals surface area contributed by atoms with Crippen molar-refractivity contribution in [3.05, 3.63) is 28.0 Å². The van der Waals surface area contributed by atoms with Gasteiger partial charge in [0.2, 0.25) is 0 Å². The summed E-state index contributed by atoms with van der Waals surface area (Å²) in [6.45, 7) is 1.54. The van der Waals surface area contributed by atoms with Crippen LogP contribution in [0, 0.1) is 18.3 Å². The van der Waals surface area contributed by atoms with Crippen LogP contribution in [0.25, 0.3) is 0 Å². The smallest absolute Gasteiger partial charge is 0.234 e. The summed E-state index contributed by atoms with van der Waals surface area (Å²) in [6.07, 6.45) is -2.66. The van der Waals surface area contributed by atoms with Crippen molar-refractivity contribution in [2.45, 2.75) is 13.3 Å². The van der Waals surface area contributed by atoms with Gasteiger partial charge in [-0.1, -0.05) is 11.6 Å². The van der Waals surface area contributed by atoms with Gasteiger partial charge in [0.05, 0.1) is 5.56 Å². The predicted octanol–water partition coefficient (Wildman–Crippen LogP) is 2.85. The van der Waals surface area contributed by atoms with Gasteiger partial charge in [0.1, 0.15) is 16.9 Å². The number of nitrogens with zero attached hydrogens (tertiary/aromatic N) is 2. The second kappa shape index (κ2) is 3.67. The van der Waals surface area contributed by atoms with E-state index in [4.69, 9.17) is 16.9 Å². The molecule has 1 rings (SSSR count). The van der Waals surface area contributed by atoms with E-state index >= 15 is 0 Å². The number of aromatic nitrogens is 1. The first-order valence-corrected chi connectivity index (χ1v) is 3.79. The van der Waals surface area contributed by atoms with Crippen molar-refractivity contribution in [3.8, 4) is 6.07 Å². The summed E-state index contributed by atoms with van der Waals surface area (Å²) in [4.78, 5) is 3.40. The molecular formula is C8H5ClF2N2. The number of nitriles is 1. The standard InChI is InChI=1S/C8H5ClF2N2/c1-4-2-6(8(10)11)13-7(9)5(4)3-12/h2,8H,1H3. The molecule has 0 fully saturated rings. The second-order valence-corrected chi connectivity index (χ2v) is 2.80. The SMILES string of the molecule is Cc1cc(C(F)F)nc(Cl)c1C#N. The fourth-order valence-corrected chi connectivity index (χ4v) is 1.19. The maximum Gasteiger partial charge on any atom is 0.280 e. The molecule has 0 N–H and O–H groups in total. The second-order valence-electron chi connectivity index (χ2n) is 2.44. The van der Waals surface area contributed by atoms with Crippen LogP contribution in [0.3, 0.4) is 0 Å². The van der Waals surface area contributed by atoms with E-state index in [0.29, 0.717) is 5.56 Å². The van der Waals surface area contributed by atoms with Gasteiger partial charge in [-0.05, 0) is 18.6 Å². The number of hydrogen-bond donors (Lipinski definition) is 0. The molecule has 0 spiro atoms. The molecule has 13 heavy (non-hydrogen) atoms. The maximum absolute atomic E-state index is 12.2. The minimum Gasteiger partial charge on any atom is -0.234 e. The van der Waals surface area contributed by atoms with E-state index < -0.39 is 12.1 Å². The molecule has 68 valence electrons. The quantitative estimate of drug-likeness (QED) is 0.657. The minimum absolute atomic E-state index is 0.145. The zero-order valence-corrected chi connectivity index (χ0v) is 7.44. The number of aryl methyl sites for hydroxylation is 1. The van der Waals surface area contributed by atoms with E-state index in [2.05, 4.69) is 4.98 Å². The van der Waals surface area contributed by atoms with Gasteiger partial charge in [-0.2, -0.15) is 5.26 Å². The molecule has 0 atom stereocenters. The molecule has 0 aliphatic rings. The van der Waals surface area contributed by atoms with Gasteiger partial charge >= 0.3 is 0 Å². The van der Waals surface area contributed by atoms with Crippen LogP contribution in [-0.2, 0) is 0 Å². The highest BCUT2D eigenvalue weighted by Crippen LogP contribution is 2.23. The lowest BCUT2D eigenvalue weighted by molar-refractivity contribution is 0.146. The molecule has 1 aromatic heterocycles. The molecule has 0 unspecified atom stereocenters. The summed E-state index contributed by atoms with van der Waals surface area (Å²) in [5, 5.41) is 8.40. The van der Waals surface area contributed by atoms with Crippen LogP contribution in [0.1, 0.15) is 23.2 Å². The van der Waals surface area contributed by atoms with Crippen molar-refractivity contribution in [2.75, 3.05) is 0 Å². The van der Waals surface area contributed by atoms with Crippen LogP contribution < -0.4 is 0 Å². The van der Waals surface area contributed by atoms with Gasteiger partial charge in [-0.3, -0.25) is 0 Å². The molecule has 0 saturated heterocycles. The third-order valence-electron chi connectivity index (χ3n) is 1.53. The number of hydrogen-bond acceptors (Lipinski definition) is 2. The average Bonchev–Trinajstić information content (AvgIpc) is 2.03. The normalized spacial score (nSPS) is 10.2. The molecule has 0 saturated carbocycles. The molecule has 1 aromatic rings. The Labute approximate surface area is 78.8 Å². The Bertz CT molecular complexity index is 348. The Balaban J connectivity index is 3.30. The summed E-state index contributed by atoms with van der Waals surface area (Å²) in [7, 11) is 0. The molecule has 0 aliphatic heterocycles. The highest BCUT2D eigenvalue weighted by molar-refractivity contribution is 6.30. The summed E-state index contributed by atoms with van der Waals surface area (Å²) >= 11 is 5.51. The summed E-state index contributed by atoms with van der Waals surface area (Å²) in [6, 6.07) is 2.95. The Hall–Kier alpha value is -1.21. The molecule has 0 radical (unpaired) electrons. The maximum atomic E-state index is 12.2. The van der Waals surface area contributed by atoms with E-state index in [1.165, 1.54) is 6.92 Å². The van der Waals surface area contributed by atoms with Crippen LogP contribution in [-0.4, -0.2) is 4.98 Å². The summed E-state index contributed by atoms with van der Waals surface area (Å²) in [5.41, 5.74) is 0.158. The zero-order valence-electron chi connectivity index (χ0n) is 6.68. The third-order valence-corrected chi connectivity index (χ3v) is 1.80. The average molecular weight is 203 g/mol. The first-order chi connectivity index (χ1) is 6.06. The number of halogens is 3. The van der Waals surface area contributed by atoms with Gasteiger partial charge in [0.25, 0.3) is 6.43 Å². The van der Waals surface area contributed by atoms with E-state index in [9.17, 15) is 8.78 Å². The largest absolute Gasteiger partial charge is 0.280 e. The fraction of sp³-hybridized carbons (Fsp3) is 0.250. The third kappa shape index (κ3) is 1.93. The number of rotatable bonds is 1. The van der Waals surface area contributed by atoms with E-state index in [1.807, 2.05) is 0 Å². The highest BCUT2D eigenvalue weighted by atomic mass is 35.5. The van der Waals surface area contributed by atoms with Crippen LogP contribution in [0.5, 0.6) is 0 Å². The van der Waals surface area contributed by atoms with Crippen molar-refractivity contribution in [1.29, 1.82) is 5.26 Å². The number of alkyl halides is 2. The first kappa shape index (κ1) is 9.87. The van der Waals surface area contributed by atoms with Crippen molar-refractivity contribution in [3.63, 3.8) is 0 Å². The van der Waals surface area contributed by atoms with Gasteiger partial charge in [0, 0.05) is 0 Å². The minimum atomic E-state index is -2.66. The van der Waals surface area contributed by atoms with Gasteiger partial charge in [-0.25, -0.2) is 13.8 Å². The number of pyridine rings is 1. The molecule has 5 heteroatoms. The Morgan fingerprint density at radius 1 is 1.62 bits per heavy atom. The Kier molecular flexibility index (Phi) is 2.79. The topological polar surface area (TPSA) is 36.7 Å². The lowest BCUT2D eigenvalue weighted by Gasteiger charge is -2.03. The lowest BCUT2D eigenvalue weighted by Crippen LogP contribution is -1.95.